The lowest BCUT2D eigenvalue weighted by molar-refractivity contribution is 0.0936. The Morgan fingerprint density at radius 2 is 2.12 bits per heavy atom. The van der Waals surface area contributed by atoms with Crippen molar-refractivity contribution >= 4 is 5.91 Å². The Labute approximate surface area is 93.7 Å². The van der Waals surface area contributed by atoms with E-state index in [0.29, 0.717) is 5.69 Å². The second-order valence-corrected chi connectivity index (χ2v) is 3.70. The average Bonchev–Trinajstić information content (AvgIpc) is 2.84. The summed E-state index contributed by atoms with van der Waals surface area (Å²) in [6.07, 6.45) is 1.79. The third-order valence-electron chi connectivity index (χ3n) is 2.39. The summed E-state index contributed by atoms with van der Waals surface area (Å²) < 4.78 is 3.11. The van der Waals surface area contributed by atoms with Crippen LogP contribution in [-0.4, -0.2) is 25.5 Å². The molecule has 2 aromatic heterocycles. The van der Waals surface area contributed by atoms with E-state index in [2.05, 4.69) is 10.2 Å². The van der Waals surface area contributed by atoms with Crippen molar-refractivity contribution in [3.05, 3.63) is 35.4 Å². The summed E-state index contributed by atoms with van der Waals surface area (Å²) in [5, 5.41) is 8.30. The fraction of sp³-hybridized carbons (Fsp3) is 0.364. The molecule has 0 N–H and O–H groups in total. The van der Waals surface area contributed by atoms with Crippen LogP contribution < -0.4 is 0 Å². The van der Waals surface area contributed by atoms with E-state index in [1.807, 2.05) is 26.8 Å². The minimum atomic E-state index is -0.183. The van der Waals surface area contributed by atoms with Gasteiger partial charge in [0.15, 0.2) is 5.69 Å². The molecule has 0 saturated carbocycles. The first-order valence-electron chi connectivity index (χ1n) is 5.23. The first kappa shape index (κ1) is 10.6. The smallest absolute Gasteiger partial charge is 0.272 e. The van der Waals surface area contributed by atoms with E-state index in [1.54, 1.807) is 16.9 Å². The van der Waals surface area contributed by atoms with E-state index in [4.69, 9.17) is 0 Å². The maximum absolute atomic E-state index is 12.0. The van der Waals surface area contributed by atoms with Crippen LogP contribution >= 0.6 is 0 Å². The first-order valence-corrected chi connectivity index (χ1v) is 5.23. The molecule has 2 rings (SSSR count). The van der Waals surface area contributed by atoms with Gasteiger partial charge < -0.3 is 0 Å². The zero-order valence-corrected chi connectivity index (χ0v) is 9.64. The van der Waals surface area contributed by atoms with Gasteiger partial charge in [-0.2, -0.15) is 14.9 Å². The number of aryl methyl sites for hydroxylation is 3. The number of carbonyl (C=O) groups excluding carboxylic acids is 1. The molecule has 0 unspecified atom stereocenters. The molecular formula is C11H14N4O. The van der Waals surface area contributed by atoms with E-state index in [1.165, 1.54) is 4.68 Å². The second-order valence-electron chi connectivity index (χ2n) is 3.70. The van der Waals surface area contributed by atoms with Crippen molar-refractivity contribution in [1.29, 1.82) is 0 Å². The SMILES string of the molecule is CCn1ccc(C(=O)n2nc(C)cc2C)n1. The number of nitrogens with zero attached hydrogens (tertiary/aromatic N) is 4. The van der Waals surface area contributed by atoms with Crippen LogP contribution in [0.3, 0.4) is 0 Å². The summed E-state index contributed by atoms with van der Waals surface area (Å²) in [7, 11) is 0. The predicted octanol–water partition coefficient (Wildman–Crippen LogP) is 1.40. The fourth-order valence-corrected chi connectivity index (χ4v) is 1.59. The Bertz CT molecular complexity index is 524. The highest BCUT2D eigenvalue weighted by Gasteiger charge is 2.14. The topological polar surface area (TPSA) is 52.7 Å². The lowest BCUT2D eigenvalue weighted by Crippen LogP contribution is -2.16. The Morgan fingerprint density at radius 3 is 2.62 bits per heavy atom. The quantitative estimate of drug-likeness (QED) is 0.765. The monoisotopic (exact) mass is 218 g/mol. The molecule has 2 aromatic rings. The molecule has 0 aliphatic heterocycles. The van der Waals surface area contributed by atoms with Crippen LogP contribution in [0.15, 0.2) is 18.3 Å². The summed E-state index contributed by atoms with van der Waals surface area (Å²) in [6.45, 7) is 6.45. The van der Waals surface area contributed by atoms with Gasteiger partial charge in [-0.15, -0.1) is 0 Å². The van der Waals surface area contributed by atoms with Crippen molar-refractivity contribution in [2.24, 2.45) is 0 Å². The maximum atomic E-state index is 12.0. The zero-order valence-electron chi connectivity index (χ0n) is 9.64. The van der Waals surface area contributed by atoms with Crippen molar-refractivity contribution < 1.29 is 4.79 Å². The lowest BCUT2D eigenvalue weighted by Gasteiger charge is -1.99. The molecule has 16 heavy (non-hydrogen) atoms. The zero-order chi connectivity index (χ0) is 11.7. The van der Waals surface area contributed by atoms with Gasteiger partial charge in [0.25, 0.3) is 5.91 Å². The highest BCUT2D eigenvalue weighted by Crippen LogP contribution is 2.05. The molecule has 2 heterocycles. The van der Waals surface area contributed by atoms with Gasteiger partial charge in [-0.05, 0) is 32.9 Å². The van der Waals surface area contributed by atoms with Gasteiger partial charge in [0, 0.05) is 18.4 Å². The first-order chi connectivity index (χ1) is 7.61. The molecule has 0 radical (unpaired) electrons. The number of hydrogen-bond donors (Lipinski definition) is 0. The van der Waals surface area contributed by atoms with Crippen LogP contribution in [0.25, 0.3) is 0 Å². The Balaban J connectivity index is 2.35. The molecule has 0 atom stereocenters. The molecular weight excluding hydrogens is 204 g/mol. The summed E-state index contributed by atoms with van der Waals surface area (Å²) in [5.41, 5.74) is 2.09. The summed E-state index contributed by atoms with van der Waals surface area (Å²) >= 11 is 0. The molecule has 0 saturated heterocycles. The van der Waals surface area contributed by atoms with Crippen molar-refractivity contribution in [2.75, 3.05) is 0 Å². The fourth-order valence-electron chi connectivity index (χ4n) is 1.59. The number of rotatable bonds is 2. The summed E-state index contributed by atoms with van der Waals surface area (Å²) in [4.78, 5) is 12.0. The second kappa shape index (κ2) is 3.92. The maximum Gasteiger partial charge on any atom is 0.298 e. The van der Waals surface area contributed by atoms with Crippen LogP contribution in [0.4, 0.5) is 0 Å². The minimum absolute atomic E-state index is 0.183. The lowest BCUT2D eigenvalue weighted by atomic mass is 10.4. The van der Waals surface area contributed by atoms with E-state index in [-0.39, 0.29) is 5.91 Å². The Hall–Kier alpha value is -1.91. The van der Waals surface area contributed by atoms with E-state index in [0.717, 1.165) is 17.9 Å². The van der Waals surface area contributed by atoms with Gasteiger partial charge in [-0.25, -0.2) is 0 Å². The van der Waals surface area contributed by atoms with Crippen molar-refractivity contribution in [2.45, 2.75) is 27.3 Å². The summed E-state index contributed by atoms with van der Waals surface area (Å²) in [5.74, 6) is -0.183. The van der Waals surface area contributed by atoms with E-state index >= 15 is 0 Å². The minimum Gasteiger partial charge on any atom is -0.272 e. The molecule has 5 nitrogen and oxygen atoms in total. The van der Waals surface area contributed by atoms with Crippen LogP contribution in [0.2, 0.25) is 0 Å². The highest BCUT2D eigenvalue weighted by atomic mass is 16.2. The Kier molecular flexibility index (Phi) is 2.60. The highest BCUT2D eigenvalue weighted by molar-refractivity contribution is 5.93. The van der Waals surface area contributed by atoms with E-state index in [9.17, 15) is 4.79 Å². The normalized spacial score (nSPS) is 10.7. The average molecular weight is 218 g/mol. The van der Waals surface area contributed by atoms with Crippen molar-refractivity contribution in [1.82, 2.24) is 19.6 Å². The molecule has 0 bridgehead atoms. The molecule has 0 amide bonds. The molecule has 5 heteroatoms. The Morgan fingerprint density at radius 1 is 1.38 bits per heavy atom. The standard InChI is InChI=1S/C11H14N4O/c1-4-14-6-5-10(13-14)11(16)15-9(3)7-8(2)12-15/h5-7H,4H2,1-3H3. The van der Waals surface area contributed by atoms with Gasteiger partial charge in [0.2, 0.25) is 0 Å². The van der Waals surface area contributed by atoms with Crippen LogP contribution in [-0.2, 0) is 6.54 Å². The van der Waals surface area contributed by atoms with Gasteiger partial charge >= 0.3 is 0 Å². The molecule has 84 valence electrons. The molecule has 0 aliphatic rings. The van der Waals surface area contributed by atoms with Crippen LogP contribution in [0.1, 0.15) is 28.8 Å². The number of carbonyl (C=O) groups is 1. The third-order valence-corrected chi connectivity index (χ3v) is 2.39. The van der Waals surface area contributed by atoms with Crippen molar-refractivity contribution in [3.8, 4) is 0 Å². The molecule has 0 fully saturated rings. The largest absolute Gasteiger partial charge is 0.298 e. The van der Waals surface area contributed by atoms with Gasteiger partial charge in [-0.3, -0.25) is 9.48 Å². The molecule has 0 aromatic carbocycles. The molecule has 0 aliphatic carbocycles. The van der Waals surface area contributed by atoms with Crippen molar-refractivity contribution in [3.63, 3.8) is 0 Å². The van der Waals surface area contributed by atoms with E-state index < -0.39 is 0 Å². The third kappa shape index (κ3) is 1.76. The molecule has 0 spiro atoms. The van der Waals surface area contributed by atoms with Gasteiger partial charge in [-0.1, -0.05) is 0 Å². The number of aromatic nitrogens is 4. The van der Waals surface area contributed by atoms with Crippen LogP contribution in [0.5, 0.6) is 0 Å². The number of hydrogen-bond acceptors (Lipinski definition) is 3. The van der Waals surface area contributed by atoms with Gasteiger partial charge in [0.1, 0.15) is 0 Å². The predicted molar refractivity (Wildman–Crippen MR) is 59.3 cm³/mol. The summed E-state index contributed by atoms with van der Waals surface area (Å²) in [6, 6.07) is 3.58. The van der Waals surface area contributed by atoms with Gasteiger partial charge in [0.05, 0.1) is 5.69 Å². The van der Waals surface area contributed by atoms with Crippen LogP contribution in [0, 0.1) is 13.8 Å².